The molecule has 0 saturated carbocycles. The summed E-state index contributed by atoms with van der Waals surface area (Å²) in [5, 5.41) is 0. The van der Waals surface area contributed by atoms with E-state index < -0.39 is 19.4 Å². The predicted molar refractivity (Wildman–Crippen MR) is 35.3 cm³/mol. The quantitative estimate of drug-likeness (QED) is 0.237. The average molecular weight is 400 g/mol. The van der Waals surface area contributed by atoms with E-state index >= 15 is 0 Å². The van der Waals surface area contributed by atoms with Gasteiger partial charge in [0.05, 0.1) is 0 Å². The van der Waals surface area contributed by atoms with Gasteiger partial charge in [0, 0.05) is 0 Å². The third-order valence-corrected chi connectivity index (χ3v) is 0. The van der Waals surface area contributed by atoms with Crippen molar-refractivity contribution in [3.63, 3.8) is 0 Å². The molecule has 0 unspecified atom stereocenters. The molecule has 0 atom stereocenters. The van der Waals surface area contributed by atoms with Gasteiger partial charge >= 0.3 is 98.7 Å². The Balaban J connectivity index is -0.00000000970. The van der Waals surface area contributed by atoms with Gasteiger partial charge in [-0.2, -0.15) is 0 Å². The minimum atomic E-state index is -5.61. The van der Waals surface area contributed by atoms with Gasteiger partial charge in [0.15, 0.2) is 0 Å². The molecule has 0 heterocycles. The van der Waals surface area contributed by atoms with Crippen LogP contribution < -0.4 is 78.1 Å². The van der Waals surface area contributed by atoms with Crippen molar-refractivity contribution in [3.05, 3.63) is 0 Å². The first-order valence-electron chi connectivity index (χ1n) is 1.50. The fourth-order valence-electron chi connectivity index (χ4n) is 0. The Morgan fingerprint density at radius 1 is 0.938 bits per heavy atom. The second kappa shape index (κ2) is 24.0. The molecule has 0 aromatic carbocycles. The predicted octanol–water partition coefficient (Wildman–Crippen LogP) is -16.3. The average Bonchev–Trinajstić information content (AvgIpc) is 1.12. The molecular weight excluding hydrogens is 399 g/mol. The maximum atomic E-state index is 8.63. The summed E-state index contributed by atoms with van der Waals surface area (Å²) in [6.07, 6.45) is 0. The van der Waals surface area contributed by atoms with Gasteiger partial charge in [0.25, 0.3) is 0 Å². The summed E-state index contributed by atoms with van der Waals surface area (Å²) in [5.41, 5.74) is 0. The Bertz CT molecular complexity index is 170. The number of hydrogen-bond acceptors (Lipinski definition) is 7. The molecule has 0 bridgehead atoms. The van der Waals surface area contributed by atoms with E-state index in [0.717, 1.165) is 0 Å². The van der Waals surface area contributed by atoms with Crippen LogP contribution in [-0.4, -0.2) is 95.7 Å². The standard InChI is InChI=1S/BrH.ClH.3Mg.Na.H2O4S.O4Si/c;;;;;;2*1-5(2,3)4/h2*1H;;;;;(H2,1,2,3,4);/q;;3*+2;+1;;-4/p-3. The molecule has 0 saturated heterocycles. The zero-order valence-electron chi connectivity index (χ0n) is 8.09. The number of halogens is 2. The number of rotatable bonds is 0. The Kier molecular flexibility index (Phi) is 75.3. The van der Waals surface area contributed by atoms with E-state index in [1.807, 2.05) is 0 Å². The van der Waals surface area contributed by atoms with Crippen molar-refractivity contribution in [2.45, 2.75) is 0 Å². The van der Waals surface area contributed by atoms with E-state index in [0.29, 0.717) is 0 Å². The third kappa shape index (κ3) is 326. The van der Waals surface area contributed by atoms with Crippen molar-refractivity contribution in [1.82, 2.24) is 0 Å². The van der Waals surface area contributed by atoms with E-state index in [2.05, 4.69) is 0 Å². The van der Waals surface area contributed by atoms with Crippen molar-refractivity contribution in [2.24, 2.45) is 0 Å². The van der Waals surface area contributed by atoms with Crippen LogP contribution in [0.1, 0.15) is 0 Å². The Morgan fingerprint density at radius 2 is 0.938 bits per heavy atom. The summed E-state index contributed by atoms with van der Waals surface area (Å²) in [4.78, 5) is 34.3. The second-order valence-electron chi connectivity index (χ2n) is 0.928. The van der Waals surface area contributed by atoms with E-state index in [1.54, 1.807) is 0 Å². The summed E-state index contributed by atoms with van der Waals surface area (Å²) in [5.74, 6) is 0. The van der Waals surface area contributed by atoms with Crippen molar-refractivity contribution < 1.29 is 95.7 Å². The van der Waals surface area contributed by atoms with Crippen molar-refractivity contribution >= 4 is 88.6 Å². The van der Waals surface area contributed by atoms with Gasteiger partial charge in [-0.1, -0.05) is 0 Å². The molecule has 0 radical (unpaired) electrons. The zero-order chi connectivity index (χ0) is 9.00. The van der Waals surface area contributed by atoms with Crippen molar-refractivity contribution in [2.75, 3.05) is 0 Å². The van der Waals surface area contributed by atoms with Gasteiger partial charge in [-0.15, -0.1) is 0 Å². The fourth-order valence-corrected chi connectivity index (χ4v) is 0. The van der Waals surface area contributed by atoms with Gasteiger partial charge < -0.3 is 62.2 Å². The van der Waals surface area contributed by atoms with Crippen LogP contribution >= 0.6 is 0 Å². The monoisotopic (exact) mass is 398 g/mol. The minimum Gasteiger partial charge on any atom is -1.00 e. The molecule has 0 aliphatic heterocycles. The molecule has 16 heavy (non-hydrogen) atoms. The first-order valence-corrected chi connectivity index (χ1v) is 4.50. The normalized spacial score (nSPS) is 7.38. The molecule has 0 spiro atoms. The largest absolute Gasteiger partial charge is 2.00 e. The summed E-state index contributed by atoms with van der Waals surface area (Å²) in [6.45, 7) is 0. The molecule has 0 aliphatic carbocycles. The third-order valence-electron chi connectivity index (χ3n) is 0. The SMILES string of the molecule is O=S(=O)([O-])O.[Br-].[Cl-].[Mg+2].[Mg+2].[Mg+2].[Na+].[O-][Si]([O-])([O-])[O-]. The van der Waals surface area contributed by atoms with Gasteiger partial charge in [-0.3, -0.25) is 4.55 Å². The van der Waals surface area contributed by atoms with Crippen LogP contribution in [0, 0.1) is 0 Å². The van der Waals surface area contributed by atoms with Gasteiger partial charge in [-0.05, 0) is 0 Å². The molecule has 0 aromatic heterocycles. The molecule has 1 N–H and O–H groups in total. The minimum absolute atomic E-state index is 0. The summed E-state index contributed by atoms with van der Waals surface area (Å²) in [6, 6.07) is 0. The van der Waals surface area contributed by atoms with Crippen molar-refractivity contribution in [3.8, 4) is 0 Å². The second-order valence-corrected chi connectivity index (χ2v) is 2.78. The fraction of sp³-hybridized carbons (Fsp3) is 0. The maximum absolute atomic E-state index is 8.63. The van der Waals surface area contributed by atoms with E-state index in [1.165, 1.54) is 0 Å². The summed E-state index contributed by atoms with van der Waals surface area (Å²) < 4.78 is 32.8. The molecule has 0 fully saturated rings. The van der Waals surface area contributed by atoms with Crippen molar-refractivity contribution in [1.29, 1.82) is 0 Å². The van der Waals surface area contributed by atoms with Crippen LogP contribution in [-0.2, 0) is 10.4 Å². The zero-order valence-corrected chi connectivity index (χ0v) is 18.5. The maximum Gasteiger partial charge on any atom is 2.00 e. The molecular formula is HBrClMg3NaO8SSi. The van der Waals surface area contributed by atoms with E-state index in [9.17, 15) is 0 Å². The molecule has 0 aromatic rings. The first-order chi connectivity index (χ1) is 4.00. The molecule has 80 valence electrons. The Labute approximate surface area is 181 Å². The molecule has 16 heteroatoms. The van der Waals surface area contributed by atoms with E-state index in [4.69, 9.17) is 36.7 Å². The Morgan fingerprint density at radius 3 is 0.938 bits per heavy atom. The molecule has 0 amide bonds. The van der Waals surface area contributed by atoms with Crippen LogP contribution in [0.15, 0.2) is 0 Å². The van der Waals surface area contributed by atoms with Crippen LogP contribution in [0.4, 0.5) is 0 Å². The molecule has 8 nitrogen and oxygen atoms in total. The van der Waals surface area contributed by atoms with Crippen LogP contribution in [0.2, 0.25) is 0 Å². The van der Waals surface area contributed by atoms with Crippen LogP contribution in [0.5, 0.6) is 0 Å². The van der Waals surface area contributed by atoms with Crippen LogP contribution in [0.25, 0.3) is 0 Å². The van der Waals surface area contributed by atoms with Gasteiger partial charge in [0.2, 0.25) is 10.4 Å². The molecule has 0 aliphatic rings. The van der Waals surface area contributed by atoms with Gasteiger partial charge in [-0.25, -0.2) is 8.42 Å². The molecule has 0 rings (SSSR count). The summed E-state index contributed by atoms with van der Waals surface area (Å²) in [7, 11) is -10.5. The summed E-state index contributed by atoms with van der Waals surface area (Å²) >= 11 is 0. The Hall–Kier alpha value is 4.00. The topological polar surface area (TPSA) is 170 Å². The van der Waals surface area contributed by atoms with Gasteiger partial charge in [0.1, 0.15) is 0 Å². The smallest absolute Gasteiger partial charge is 1.00 e. The first kappa shape index (κ1) is 50.1. The van der Waals surface area contributed by atoms with Crippen LogP contribution in [0.3, 0.4) is 0 Å². The van der Waals surface area contributed by atoms with E-state index in [-0.39, 0.29) is 128 Å². The number of hydrogen-bond donors (Lipinski definition) is 1.